The minimum Gasteiger partial charge on any atom is -0.345 e. The number of hydrogen-bond acceptors (Lipinski definition) is 4. The van der Waals surface area contributed by atoms with Crippen molar-refractivity contribution in [3.05, 3.63) is 64.1 Å². The lowest BCUT2D eigenvalue weighted by Gasteiger charge is -2.45. The van der Waals surface area contributed by atoms with Gasteiger partial charge in [-0.1, -0.05) is 24.3 Å². The Labute approximate surface area is 180 Å². The Bertz CT molecular complexity index is 1130. The molecule has 1 amide bonds. The van der Waals surface area contributed by atoms with Crippen molar-refractivity contribution in [1.82, 2.24) is 20.0 Å². The maximum absolute atomic E-state index is 13.4. The smallest absolute Gasteiger partial charge is 0.239 e. The van der Waals surface area contributed by atoms with Gasteiger partial charge in [-0.25, -0.2) is 0 Å². The molecule has 0 bridgehead atoms. The van der Waals surface area contributed by atoms with Crippen molar-refractivity contribution in [3.63, 3.8) is 0 Å². The number of carbonyl (C=O) groups is 1. The summed E-state index contributed by atoms with van der Waals surface area (Å²) in [5, 5.41) is 18.0. The monoisotopic (exact) mass is 419 g/mol. The van der Waals surface area contributed by atoms with Gasteiger partial charge in [-0.15, -0.1) is 11.3 Å². The van der Waals surface area contributed by atoms with Crippen LogP contribution in [-0.4, -0.2) is 33.6 Å². The minimum atomic E-state index is -0.701. The van der Waals surface area contributed by atoms with Crippen LogP contribution >= 0.6 is 11.3 Å². The third-order valence-corrected chi connectivity index (χ3v) is 7.50. The van der Waals surface area contributed by atoms with Crippen molar-refractivity contribution in [3.8, 4) is 11.1 Å². The molecule has 2 atom stereocenters. The lowest BCUT2D eigenvalue weighted by atomic mass is 9.76. The van der Waals surface area contributed by atoms with Crippen molar-refractivity contribution in [2.24, 2.45) is 7.05 Å². The highest BCUT2D eigenvalue weighted by Crippen LogP contribution is 2.45. The maximum atomic E-state index is 13.4. The van der Waals surface area contributed by atoms with Gasteiger partial charge in [-0.05, 0) is 53.8 Å². The molecule has 2 fully saturated rings. The molecule has 5 rings (SSSR count). The molecule has 1 aliphatic heterocycles. The van der Waals surface area contributed by atoms with E-state index < -0.39 is 11.5 Å². The molecule has 0 radical (unpaired) electrons. The molecule has 1 aromatic carbocycles. The van der Waals surface area contributed by atoms with Crippen LogP contribution in [0.1, 0.15) is 47.6 Å². The van der Waals surface area contributed by atoms with E-state index in [4.69, 9.17) is 5.41 Å². The van der Waals surface area contributed by atoms with E-state index in [1.807, 2.05) is 26.4 Å². The number of hydrogen-bond donors (Lipinski definition) is 2. The molecule has 7 heteroatoms. The molecule has 3 heterocycles. The summed E-state index contributed by atoms with van der Waals surface area (Å²) in [6.07, 6.45) is 6.34. The summed E-state index contributed by atoms with van der Waals surface area (Å²) in [6.45, 7) is 2.03. The standard InChI is InChI=1S/C23H25N5OS/c1-23(19-10-17(13-30-19)18-11-25-27(2)12-18)20(21(29)28(3)22(24)26-23)16-8-6-15(7-9-16)14-4-5-14/h6-14,20H,4-5H2,1-3H3,(H2,24,26)/t20-,23-/m1/s1. The van der Waals surface area contributed by atoms with E-state index in [2.05, 4.69) is 46.1 Å². The van der Waals surface area contributed by atoms with Gasteiger partial charge in [0.15, 0.2) is 5.96 Å². The van der Waals surface area contributed by atoms with E-state index in [9.17, 15) is 4.79 Å². The number of carbonyl (C=O) groups excluding carboxylic acids is 1. The third kappa shape index (κ3) is 3.04. The fraction of sp³-hybridized carbons (Fsp3) is 0.348. The molecule has 0 unspecified atom stereocenters. The summed E-state index contributed by atoms with van der Waals surface area (Å²) in [7, 11) is 3.57. The maximum Gasteiger partial charge on any atom is 0.239 e. The van der Waals surface area contributed by atoms with Gasteiger partial charge in [-0.3, -0.25) is 19.8 Å². The average Bonchev–Trinajstić information content (AvgIpc) is 3.28. The quantitative estimate of drug-likeness (QED) is 0.671. The van der Waals surface area contributed by atoms with Crippen LogP contribution in [0.5, 0.6) is 0 Å². The topological polar surface area (TPSA) is 74.0 Å². The first-order valence-electron chi connectivity index (χ1n) is 10.2. The lowest BCUT2D eigenvalue weighted by molar-refractivity contribution is -0.131. The van der Waals surface area contributed by atoms with Crippen molar-refractivity contribution < 1.29 is 4.79 Å². The number of guanidine groups is 1. The molecule has 2 N–H and O–H groups in total. The second-order valence-corrected chi connectivity index (χ2v) is 9.46. The van der Waals surface area contributed by atoms with Crippen LogP contribution < -0.4 is 5.32 Å². The van der Waals surface area contributed by atoms with E-state index >= 15 is 0 Å². The van der Waals surface area contributed by atoms with E-state index in [-0.39, 0.29) is 11.9 Å². The van der Waals surface area contributed by atoms with Gasteiger partial charge in [0, 0.05) is 30.7 Å². The summed E-state index contributed by atoms with van der Waals surface area (Å²) in [6, 6.07) is 10.6. The SMILES string of the molecule is CN1C(=N)N[C@](C)(c2cc(-c3cnn(C)c3)cs2)[C@H](c2ccc(C3CC3)cc2)C1=O. The Kier molecular flexibility index (Phi) is 4.32. The zero-order chi connectivity index (χ0) is 21.0. The van der Waals surface area contributed by atoms with Crippen molar-refractivity contribution in [2.75, 3.05) is 7.05 Å². The van der Waals surface area contributed by atoms with Gasteiger partial charge in [-0.2, -0.15) is 5.10 Å². The van der Waals surface area contributed by atoms with Crippen molar-refractivity contribution >= 4 is 23.2 Å². The van der Waals surface area contributed by atoms with Gasteiger partial charge in [0.25, 0.3) is 0 Å². The first-order chi connectivity index (χ1) is 14.4. The van der Waals surface area contributed by atoms with Crippen molar-refractivity contribution in [2.45, 2.75) is 37.1 Å². The number of aryl methyl sites for hydroxylation is 1. The highest BCUT2D eigenvalue weighted by molar-refractivity contribution is 7.10. The van der Waals surface area contributed by atoms with E-state index in [1.165, 1.54) is 23.3 Å². The molecule has 1 aliphatic carbocycles. The summed E-state index contributed by atoms with van der Waals surface area (Å²) < 4.78 is 1.78. The highest BCUT2D eigenvalue weighted by Gasteiger charge is 2.49. The molecule has 154 valence electrons. The highest BCUT2D eigenvalue weighted by atomic mass is 32.1. The predicted molar refractivity (Wildman–Crippen MR) is 119 cm³/mol. The van der Waals surface area contributed by atoms with E-state index in [1.54, 1.807) is 23.1 Å². The summed E-state index contributed by atoms with van der Waals surface area (Å²) in [5.41, 5.74) is 3.75. The van der Waals surface area contributed by atoms with Crippen LogP contribution in [0.4, 0.5) is 0 Å². The molecule has 0 spiro atoms. The minimum absolute atomic E-state index is 0.0586. The normalized spacial score (nSPS) is 24.2. The predicted octanol–water partition coefficient (Wildman–Crippen LogP) is 4.02. The number of likely N-dealkylation sites (N-methyl/N-ethyl adjacent to an activating group) is 1. The third-order valence-electron chi connectivity index (χ3n) is 6.34. The van der Waals surface area contributed by atoms with Crippen LogP contribution in [0.2, 0.25) is 0 Å². The Morgan fingerprint density at radius 3 is 2.50 bits per heavy atom. The summed E-state index contributed by atoms with van der Waals surface area (Å²) >= 11 is 1.61. The number of thiophene rings is 1. The molecule has 2 aliphatic rings. The molecular formula is C23H25N5OS. The van der Waals surface area contributed by atoms with Crippen LogP contribution in [0.15, 0.2) is 48.1 Å². The van der Waals surface area contributed by atoms with Gasteiger partial charge in [0.05, 0.1) is 17.7 Å². The van der Waals surface area contributed by atoms with Crippen LogP contribution in [0.3, 0.4) is 0 Å². The number of nitrogens with one attached hydrogen (secondary N) is 2. The first kappa shape index (κ1) is 19.1. The van der Waals surface area contributed by atoms with Crippen LogP contribution in [0, 0.1) is 5.41 Å². The molecule has 3 aromatic rings. The van der Waals surface area contributed by atoms with Gasteiger partial charge < -0.3 is 5.32 Å². The first-order valence-corrected chi connectivity index (χ1v) is 11.1. The average molecular weight is 420 g/mol. The van der Waals surface area contributed by atoms with Gasteiger partial charge in [0.2, 0.25) is 5.91 Å². The summed E-state index contributed by atoms with van der Waals surface area (Å²) in [4.78, 5) is 15.8. The Hall–Kier alpha value is -2.93. The molecule has 1 saturated heterocycles. The molecule has 2 aromatic heterocycles. The number of aromatic nitrogens is 2. The summed E-state index contributed by atoms with van der Waals surface area (Å²) in [5.74, 6) is 0.340. The Morgan fingerprint density at radius 1 is 1.17 bits per heavy atom. The Balaban J connectivity index is 1.56. The number of rotatable bonds is 4. The fourth-order valence-corrected chi connectivity index (χ4v) is 5.41. The van der Waals surface area contributed by atoms with Crippen LogP contribution in [-0.2, 0) is 17.4 Å². The molecule has 6 nitrogen and oxygen atoms in total. The van der Waals surface area contributed by atoms with Crippen molar-refractivity contribution in [1.29, 1.82) is 5.41 Å². The van der Waals surface area contributed by atoms with E-state index in [0.29, 0.717) is 5.92 Å². The lowest BCUT2D eigenvalue weighted by Crippen LogP contribution is -2.62. The van der Waals surface area contributed by atoms with Gasteiger partial charge >= 0.3 is 0 Å². The molecular weight excluding hydrogens is 394 g/mol. The number of nitrogens with zero attached hydrogens (tertiary/aromatic N) is 3. The zero-order valence-electron chi connectivity index (χ0n) is 17.3. The molecule has 30 heavy (non-hydrogen) atoms. The largest absolute Gasteiger partial charge is 0.345 e. The second kappa shape index (κ2) is 6.80. The second-order valence-electron chi connectivity index (χ2n) is 8.55. The molecule has 1 saturated carbocycles. The Morgan fingerprint density at radius 2 is 1.87 bits per heavy atom. The van der Waals surface area contributed by atoms with Crippen LogP contribution in [0.25, 0.3) is 11.1 Å². The fourth-order valence-electron chi connectivity index (χ4n) is 4.34. The number of benzene rings is 1. The number of amides is 1. The van der Waals surface area contributed by atoms with E-state index in [0.717, 1.165) is 21.6 Å². The van der Waals surface area contributed by atoms with Gasteiger partial charge in [0.1, 0.15) is 0 Å². The zero-order valence-corrected chi connectivity index (χ0v) is 18.2.